The smallest absolute Gasteiger partial charge is 0.203 e. The molecule has 1 fully saturated rings. The van der Waals surface area contributed by atoms with Crippen molar-refractivity contribution in [2.24, 2.45) is 0 Å². The highest BCUT2D eigenvalue weighted by Crippen LogP contribution is 2.54. The first-order valence-electron chi connectivity index (χ1n) is 11.8. The lowest BCUT2D eigenvalue weighted by Crippen LogP contribution is -2.35. The van der Waals surface area contributed by atoms with Gasteiger partial charge >= 0.3 is 0 Å². The summed E-state index contributed by atoms with van der Waals surface area (Å²) in [5.74, 6) is 3.89. The summed E-state index contributed by atoms with van der Waals surface area (Å²) in [6.45, 7) is 2.06. The predicted molar refractivity (Wildman–Crippen MR) is 135 cm³/mol. The summed E-state index contributed by atoms with van der Waals surface area (Å²) in [6.07, 6.45) is 1.56. The Morgan fingerprint density at radius 1 is 0.629 bits per heavy atom. The monoisotopic (exact) mass is 489 g/mol. The Morgan fingerprint density at radius 3 is 1.34 bits per heavy atom. The molecule has 0 saturated heterocycles. The molecule has 194 valence electrons. The van der Waals surface area contributed by atoms with E-state index in [1.54, 1.807) is 42.7 Å². The van der Waals surface area contributed by atoms with Crippen LogP contribution in [0.3, 0.4) is 0 Å². The van der Waals surface area contributed by atoms with Crippen LogP contribution in [0.15, 0.2) is 24.3 Å². The third-order valence-corrected chi connectivity index (χ3v) is 6.93. The first-order chi connectivity index (χ1) is 16.9. The lowest BCUT2D eigenvalue weighted by atomic mass is 9.88. The van der Waals surface area contributed by atoms with Crippen LogP contribution < -0.4 is 28.4 Å². The summed E-state index contributed by atoms with van der Waals surface area (Å²) in [4.78, 5) is 2.06. The molecule has 3 rings (SSSR count). The van der Waals surface area contributed by atoms with Crippen molar-refractivity contribution in [1.29, 1.82) is 0 Å². The van der Waals surface area contributed by atoms with E-state index in [0.717, 1.165) is 24.0 Å². The molecule has 0 heterocycles. The number of hydrogen-bond acceptors (Lipinski definition) is 8. The van der Waals surface area contributed by atoms with E-state index in [1.807, 2.05) is 26.2 Å². The third-order valence-electron chi connectivity index (χ3n) is 6.93. The van der Waals surface area contributed by atoms with Crippen LogP contribution in [0.1, 0.15) is 42.7 Å². The topological polar surface area (TPSA) is 67.9 Å². The first kappa shape index (κ1) is 26.8. The van der Waals surface area contributed by atoms with Gasteiger partial charge in [0.2, 0.25) is 11.5 Å². The molecule has 3 atom stereocenters. The summed E-state index contributed by atoms with van der Waals surface area (Å²) in [6, 6.07) is 7.95. The Bertz CT molecular complexity index is 922. The van der Waals surface area contributed by atoms with Gasteiger partial charge < -0.3 is 33.2 Å². The highest BCUT2D eigenvalue weighted by molar-refractivity contribution is 5.59. The zero-order chi connectivity index (χ0) is 25.7. The van der Waals surface area contributed by atoms with Crippen molar-refractivity contribution in [3.8, 4) is 34.5 Å². The molecule has 8 heteroatoms. The van der Waals surface area contributed by atoms with Crippen LogP contribution in [0.5, 0.6) is 34.5 Å². The van der Waals surface area contributed by atoms with Crippen molar-refractivity contribution in [2.45, 2.75) is 43.9 Å². The lowest BCUT2D eigenvalue weighted by Gasteiger charge is -2.33. The van der Waals surface area contributed by atoms with Gasteiger partial charge in [0.15, 0.2) is 23.0 Å². The summed E-state index contributed by atoms with van der Waals surface area (Å²) in [5, 5.41) is 0. The SMILES string of the molecule is COc1ccc([C@@H]2CC[C@@H](c3ccc(OC)c(OC)c3OC)C2OC(C)N(C)C)c(OC)c1OC. The maximum atomic E-state index is 6.74. The molecule has 0 N–H and O–H groups in total. The van der Waals surface area contributed by atoms with Crippen molar-refractivity contribution in [2.75, 3.05) is 56.8 Å². The molecule has 2 aromatic rings. The van der Waals surface area contributed by atoms with Crippen molar-refractivity contribution in [1.82, 2.24) is 4.90 Å². The fraction of sp³-hybridized carbons (Fsp3) is 0.556. The molecule has 35 heavy (non-hydrogen) atoms. The molecule has 0 aliphatic heterocycles. The van der Waals surface area contributed by atoms with E-state index in [4.69, 9.17) is 33.2 Å². The van der Waals surface area contributed by atoms with Gasteiger partial charge in [0.1, 0.15) is 6.23 Å². The van der Waals surface area contributed by atoms with Crippen LogP contribution in [0.2, 0.25) is 0 Å². The van der Waals surface area contributed by atoms with E-state index in [9.17, 15) is 0 Å². The molecule has 0 bridgehead atoms. The minimum absolute atomic E-state index is 0.0648. The van der Waals surface area contributed by atoms with Crippen LogP contribution >= 0.6 is 0 Å². The van der Waals surface area contributed by atoms with E-state index in [0.29, 0.717) is 34.5 Å². The first-order valence-corrected chi connectivity index (χ1v) is 11.8. The lowest BCUT2D eigenvalue weighted by molar-refractivity contribution is -0.0804. The van der Waals surface area contributed by atoms with Gasteiger partial charge in [-0.15, -0.1) is 0 Å². The summed E-state index contributed by atoms with van der Waals surface area (Å²) in [7, 11) is 13.8. The highest BCUT2D eigenvalue weighted by atomic mass is 16.5. The van der Waals surface area contributed by atoms with Gasteiger partial charge in [-0.1, -0.05) is 12.1 Å². The van der Waals surface area contributed by atoms with Gasteiger partial charge in [-0.3, -0.25) is 4.90 Å². The predicted octanol–water partition coefficient (Wildman–Crippen LogP) is 4.69. The zero-order valence-electron chi connectivity index (χ0n) is 22.3. The molecule has 1 saturated carbocycles. The number of rotatable bonds is 11. The number of benzene rings is 2. The highest BCUT2D eigenvalue weighted by Gasteiger charge is 2.43. The second-order valence-electron chi connectivity index (χ2n) is 8.80. The molecule has 0 amide bonds. The Balaban J connectivity index is 2.14. The molecular weight excluding hydrogens is 450 g/mol. The third kappa shape index (κ3) is 5.09. The Kier molecular flexibility index (Phi) is 8.97. The summed E-state index contributed by atoms with van der Waals surface area (Å²) in [5.41, 5.74) is 2.06. The summed E-state index contributed by atoms with van der Waals surface area (Å²) < 4.78 is 40.8. The standard InChI is InChI=1S/C27H39NO7/c1-16(28(2)3)35-23-17(19-12-14-21(29-4)26(33-8)24(19)31-6)10-11-18(23)20-13-15-22(30-5)27(34-9)25(20)32-7/h12-18,23H,10-11H2,1-9H3/t16?,17-,18-/m0/s1. The fourth-order valence-electron chi connectivity index (χ4n) is 5.00. The van der Waals surface area contributed by atoms with Gasteiger partial charge in [0.05, 0.1) is 48.8 Å². The second-order valence-corrected chi connectivity index (χ2v) is 8.80. The van der Waals surface area contributed by atoms with Gasteiger partial charge in [-0.25, -0.2) is 0 Å². The van der Waals surface area contributed by atoms with E-state index in [1.165, 1.54) is 0 Å². The molecular formula is C27H39NO7. The van der Waals surface area contributed by atoms with Crippen molar-refractivity contribution < 1.29 is 33.2 Å². The van der Waals surface area contributed by atoms with Gasteiger partial charge in [0, 0.05) is 23.0 Å². The molecule has 1 aliphatic carbocycles. The Morgan fingerprint density at radius 2 is 1.03 bits per heavy atom. The molecule has 0 aromatic heterocycles. The maximum absolute atomic E-state index is 6.74. The minimum atomic E-state index is -0.147. The largest absolute Gasteiger partial charge is 0.493 e. The summed E-state index contributed by atoms with van der Waals surface area (Å²) >= 11 is 0. The van der Waals surface area contributed by atoms with Crippen molar-refractivity contribution in [3.05, 3.63) is 35.4 Å². The molecule has 2 aromatic carbocycles. The maximum Gasteiger partial charge on any atom is 0.203 e. The minimum Gasteiger partial charge on any atom is -0.493 e. The fourth-order valence-corrected chi connectivity index (χ4v) is 5.00. The van der Waals surface area contributed by atoms with E-state index >= 15 is 0 Å². The van der Waals surface area contributed by atoms with Gasteiger partial charge in [0.25, 0.3) is 0 Å². The second kappa shape index (κ2) is 11.7. The molecule has 0 radical (unpaired) electrons. The van der Waals surface area contributed by atoms with Crippen LogP contribution in [-0.4, -0.2) is 74.0 Å². The number of ether oxygens (including phenoxy) is 7. The average molecular weight is 490 g/mol. The van der Waals surface area contributed by atoms with Crippen LogP contribution in [0, 0.1) is 0 Å². The molecule has 8 nitrogen and oxygen atoms in total. The normalized spacial score (nSPS) is 18.9. The molecule has 1 aliphatic rings. The Labute approximate surface area is 209 Å². The zero-order valence-corrected chi connectivity index (χ0v) is 22.3. The van der Waals surface area contributed by atoms with E-state index < -0.39 is 0 Å². The van der Waals surface area contributed by atoms with Crippen LogP contribution in [0.25, 0.3) is 0 Å². The van der Waals surface area contributed by atoms with Crippen molar-refractivity contribution >= 4 is 0 Å². The average Bonchev–Trinajstić information content (AvgIpc) is 3.28. The number of methoxy groups -OCH3 is 6. The number of hydrogen-bond donors (Lipinski definition) is 0. The molecule has 1 unspecified atom stereocenters. The van der Waals surface area contributed by atoms with Crippen molar-refractivity contribution in [3.63, 3.8) is 0 Å². The Hall–Kier alpha value is -2.84. The van der Waals surface area contributed by atoms with E-state index in [2.05, 4.69) is 24.0 Å². The quantitative estimate of drug-likeness (QED) is 0.421. The number of nitrogens with zero attached hydrogens (tertiary/aromatic N) is 1. The van der Waals surface area contributed by atoms with Crippen LogP contribution in [0.4, 0.5) is 0 Å². The van der Waals surface area contributed by atoms with Gasteiger partial charge in [-0.2, -0.15) is 0 Å². The van der Waals surface area contributed by atoms with Gasteiger partial charge in [-0.05, 0) is 46.0 Å². The van der Waals surface area contributed by atoms with E-state index in [-0.39, 0.29) is 24.2 Å². The van der Waals surface area contributed by atoms with Crippen LogP contribution in [-0.2, 0) is 4.74 Å². The molecule has 0 spiro atoms.